The topological polar surface area (TPSA) is 66.4 Å². The van der Waals surface area contributed by atoms with Gasteiger partial charge in [-0.1, -0.05) is 6.92 Å². The van der Waals surface area contributed by atoms with Crippen molar-refractivity contribution < 1.29 is 14.7 Å². The fourth-order valence-corrected chi connectivity index (χ4v) is 2.02. The molecule has 1 aromatic rings. The monoisotopic (exact) mass is 267 g/mol. The molecule has 0 aliphatic carbocycles. The van der Waals surface area contributed by atoms with Gasteiger partial charge < -0.3 is 10.4 Å². The van der Waals surface area contributed by atoms with Crippen molar-refractivity contribution in [2.75, 3.05) is 18.1 Å². The summed E-state index contributed by atoms with van der Waals surface area (Å²) in [6, 6.07) is 5.92. The summed E-state index contributed by atoms with van der Waals surface area (Å²) >= 11 is 1.84. The third kappa shape index (κ3) is 4.79. The molecule has 18 heavy (non-hydrogen) atoms. The first kappa shape index (κ1) is 14.6. The third-order valence-corrected chi connectivity index (χ3v) is 3.33. The van der Waals surface area contributed by atoms with Crippen LogP contribution in [0.5, 0.6) is 0 Å². The van der Waals surface area contributed by atoms with Crippen molar-refractivity contribution in [2.24, 2.45) is 0 Å². The second kappa shape index (κ2) is 7.76. The van der Waals surface area contributed by atoms with Crippen LogP contribution in [-0.2, 0) is 0 Å². The Morgan fingerprint density at radius 3 is 2.39 bits per heavy atom. The zero-order valence-corrected chi connectivity index (χ0v) is 11.1. The van der Waals surface area contributed by atoms with Crippen LogP contribution < -0.4 is 5.32 Å². The van der Waals surface area contributed by atoms with E-state index in [1.807, 2.05) is 11.8 Å². The lowest BCUT2D eigenvalue weighted by Gasteiger charge is -2.05. The van der Waals surface area contributed by atoms with Crippen molar-refractivity contribution in [1.82, 2.24) is 5.32 Å². The Bertz CT molecular complexity index is 403. The van der Waals surface area contributed by atoms with E-state index < -0.39 is 5.97 Å². The number of carbonyl (C=O) groups is 2. The van der Waals surface area contributed by atoms with E-state index >= 15 is 0 Å². The first-order chi connectivity index (χ1) is 8.65. The maximum Gasteiger partial charge on any atom is 0.335 e. The number of thioether (sulfide) groups is 1. The molecular weight excluding hydrogens is 250 g/mol. The Balaban J connectivity index is 2.39. The molecule has 0 radical (unpaired) electrons. The van der Waals surface area contributed by atoms with Crippen molar-refractivity contribution in [3.8, 4) is 0 Å². The van der Waals surface area contributed by atoms with Gasteiger partial charge in [-0.2, -0.15) is 11.8 Å². The minimum Gasteiger partial charge on any atom is -0.478 e. The average molecular weight is 267 g/mol. The first-order valence-corrected chi connectivity index (χ1v) is 7.00. The molecule has 0 atom stereocenters. The summed E-state index contributed by atoms with van der Waals surface area (Å²) < 4.78 is 0. The molecule has 0 saturated heterocycles. The molecule has 0 unspecified atom stereocenters. The Kier molecular flexibility index (Phi) is 6.28. The quantitative estimate of drug-likeness (QED) is 0.744. The predicted octanol–water partition coefficient (Wildman–Crippen LogP) is 2.26. The zero-order chi connectivity index (χ0) is 13.4. The lowest BCUT2D eigenvalue weighted by molar-refractivity contribution is 0.0696. The van der Waals surface area contributed by atoms with Gasteiger partial charge >= 0.3 is 5.97 Å². The van der Waals surface area contributed by atoms with Crippen molar-refractivity contribution in [2.45, 2.75) is 13.3 Å². The molecule has 4 nitrogen and oxygen atoms in total. The second-order valence-electron chi connectivity index (χ2n) is 3.69. The second-order valence-corrected chi connectivity index (χ2v) is 5.08. The number of amides is 1. The minimum absolute atomic E-state index is 0.159. The molecule has 0 aromatic heterocycles. The standard InChI is InChI=1S/C13H17NO3S/c1-2-18-9-3-8-14-12(15)10-4-6-11(7-5-10)13(16)17/h4-7H,2-3,8-9H2,1H3,(H,14,15)(H,16,17). The summed E-state index contributed by atoms with van der Waals surface area (Å²) in [5.74, 6) is 0.978. The van der Waals surface area contributed by atoms with Gasteiger partial charge in [-0.15, -0.1) is 0 Å². The predicted molar refractivity (Wildman–Crippen MR) is 73.4 cm³/mol. The van der Waals surface area contributed by atoms with Crippen LogP contribution in [-0.4, -0.2) is 35.0 Å². The van der Waals surface area contributed by atoms with Crippen LogP contribution in [0.25, 0.3) is 0 Å². The summed E-state index contributed by atoms with van der Waals surface area (Å²) in [5, 5.41) is 11.5. The fraction of sp³-hybridized carbons (Fsp3) is 0.385. The van der Waals surface area contributed by atoms with Gasteiger partial charge in [0.15, 0.2) is 0 Å². The zero-order valence-electron chi connectivity index (χ0n) is 10.3. The molecule has 0 bridgehead atoms. The number of aromatic carboxylic acids is 1. The number of carboxylic acids is 1. The van der Waals surface area contributed by atoms with E-state index in [0.717, 1.165) is 17.9 Å². The highest BCUT2D eigenvalue weighted by Crippen LogP contribution is 2.05. The van der Waals surface area contributed by atoms with E-state index in [2.05, 4.69) is 12.2 Å². The molecule has 1 rings (SSSR count). The molecule has 0 heterocycles. The Morgan fingerprint density at radius 1 is 1.22 bits per heavy atom. The lowest BCUT2D eigenvalue weighted by atomic mass is 10.1. The van der Waals surface area contributed by atoms with Crippen LogP contribution in [0.1, 0.15) is 34.1 Å². The number of rotatable bonds is 7. The van der Waals surface area contributed by atoms with Crippen molar-refractivity contribution in [3.05, 3.63) is 35.4 Å². The average Bonchev–Trinajstić information content (AvgIpc) is 2.38. The largest absolute Gasteiger partial charge is 0.478 e. The van der Waals surface area contributed by atoms with Crippen molar-refractivity contribution in [3.63, 3.8) is 0 Å². The molecule has 0 aliphatic rings. The Labute approximate surface area is 111 Å². The van der Waals surface area contributed by atoms with Gasteiger partial charge in [0.1, 0.15) is 0 Å². The van der Waals surface area contributed by atoms with Crippen LogP contribution in [0.15, 0.2) is 24.3 Å². The van der Waals surface area contributed by atoms with Crippen molar-refractivity contribution in [1.29, 1.82) is 0 Å². The molecular formula is C13H17NO3S. The molecule has 0 fully saturated rings. The summed E-state index contributed by atoms with van der Waals surface area (Å²) in [4.78, 5) is 22.3. The smallest absolute Gasteiger partial charge is 0.335 e. The van der Waals surface area contributed by atoms with E-state index in [1.165, 1.54) is 24.3 Å². The number of nitrogens with one attached hydrogen (secondary N) is 1. The number of hydrogen-bond donors (Lipinski definition) is 2. The van der Waals surface area contributed by atoms with E-state index in [1.54, 1.807) is 0 Å². The van der Waals surface area contributed by atoms with Gasteiger partial charge in [0.2, 0.25) is 0 Å². The molecule has 98 valence electrons. The van der Waals surface area contributed by atoms with Gasteiger partial charge in [0.05, 0.1) is 5.56 Å². The maximum atomic E-state index is 11.7. The van der Waals surface area contributed by atoms with Crippen LogP contribution >= 0.6 is 11.8 Å². The van der Waals surface area contributed by atoms with Crippen LogP contribution in [0.2, 0.25) is 0 Å². The van der Waals surface area contributed by atoms with Gasteiger partial charge in [0, 0.05) is 12.1 Å². The van der Waals surface area contributed by atoms with Crippen LogP contribution in [0.4, 0.5) is 0 Å². The minimum atomic E-state index is -0.987. The van der Waals surface area contributed by atoms with E-state index in [-0.39, 0.29) is 11.5 Å². The summed E-state index contributed by atoms with van der Waals surface area (Å²) in [6.45, 7) is 2.75. The highest BCUT2D eigenvalue weighted by Gasteiger charge is 2.06. The molecule has 0 spiro atoms. The molecule has 5 heteroatoms. The fourth-order valence-electron chi connectivity index (χ4n) is 1.39. The van der Waals surface area contributed by atoms with E-state index in [4.69, 9.17) is 5.11 Å². The number of benzene rings is 1. The summed E-state index contributed by atoms with van der Waals surface area (Å²) in [7, 11) is 0. The molecule has 2 N–H and O–H groups in total. The summed E-state index contributed by atoms with van der Waals surface area (Å²) in [6.07, 6.45) is 0.942. The highest BCUT2D eigenvalue weighted by molar-refractivity contribution is 7.99. The van der Waals surface area contributed by atoms with Gasteiger partial charge in [-0.25, -0.2) is 4.79 Å². The molecule has 0 aliphatic heterocycles. The first-order valence-electron chi connectivity index (χ1n) is 5.84. The number of carboxylic acid groups (broad SMARTS) is 1. The Hall–Kier alpha value is -1.49. The maximum absolute atomic E-state index is 11.7. The molecule has 0 saturated carbocycles. The third-order valence-electron chi connectivity index (χ3n) is 2.35. The Morgan fingerprint density at radius 2 is 1.83 bits per heavy atom. The van der Waals surface area contributed by atoms with E-state index in [0.29, 0.717) is 12.1 Å². The normalized spacial score (nSPS) is 10.1. The molecule has 1 amide bonds. The van der Waals surface area contributed by atoms with Gasteiger partial charge in [-0.05, 0) is 42.2 Å². The van der Waals surface area contributed by atoms with Gasteiger partial charge in [0.25, 0.3) is 5.91 Å². The van der Waals surface area contributed by atoms with Crippen LogP contribution in [0, 0.1) is 0 Å². The molecule has 1 aromatic carbocycles. The van der Waals surface area contributed by atoms with Crippen LogP contribution in [0.3, 0.4) is 0 Å². The number of carbonyl (C=O) groups excluding carboxylic acids is 1. The van der Waals surface area contributed by atoms with Crippen molar-refractivity contribution >= 4 is 23.6 Å². The van der Waals surface area contributed by atoms with E-state index in [9.17, 15) is 9.59 Å². The van der Waals surface area contributed by atoms with Gasteiger partial charge in [-0.3, -0.25) is 4.79 Å². The number of hydrogen-bond acceptors (Lipinski definition) is 3. The summed E-state index contributed by atoms with van der Waals surface area (Å²) in [5.41, 5.74) is 0.675. The highest BCUT2D eigenvalue weighted by atomic mass is 32.2. The SMILES string of the molecule is CCSCCCNC(=O)c1ccc(C(=O)O)cc1. The lowest BCUT2D eigenvalue weighted by Crippen LogP contribution is -2.24.